The van der Waals surface area contributed by atoms with Gasteiger partial charge < -0.3 is 34.6 Å². The van der Waals surface area contributed by atoms with E-state index in [0.29, 0.717) is 48.7 Å². The molecule has 4 atom stereocenters. The lowest BCUT2D eigenvalue weighted by atomic mass is 10.00. The van der Waals surface area contributed by atoms with E-state index in [4.69, 9.17) is 14.2 Å². The maximum atomic E-state index is 10.3. The summed E-state index contributed by atoms with van der Waals surface area (Å²) in [5, 5.41) is 40.9. The number of ether oxygens (including phenoxy) is 3. The summed E-state index contributed by atoms with van der Waals surface area (Å²) in [6.45, 7) is 1.17. The molecule has 7 nitrogen and oxygen atoms in total. The number of methoxy groups -OCH3 is 2. The minimum absolute atomic E-state index is 0.492. The van der Waals surface area contributed by atoms with Gasteiger partial charge in [-0.1, -0.05) is 24.3 Å². The highest BCUT2D eigenvalue weighted by molar-refractivity contribution is 5.29. The highest BCUT2D eigenvalue weighted by atomic mass is 16.5. The molecule has 0 saturated heterocycles. The number of unbranched alkanes of at least 4 members (excludes halogenated alkanes) is 2. The standard InChI is InChI=1S/C26H38O7/c1-31-21-13-9-19(10-14-21)25(29)23(27)7-3-5-17-33-18-6-4-8-24(28)26(30)20-11-15-22(32-2)16-12-20/h9-16,23-30H,3-8,17-18H2,1-2H3. The number of rotatable bonds is 16. The zero-order chi connectivity index (χ0) is 24.1. The third-order valence-corrected chi connectivity index (χ3v) is 5.72. The minimum atomic E-state index is -0.920. The van der Waals surface area contributed by atoms with Crippen LogP contribution in [0.25, 0.3) is 0 Å². The molecule has 4 unspecified atom stereocenters. The summed E-state index contributed by atoms with van der Waals surface area (Å²) in [6.07, 6.45) is 0.596. The second-order valence-electron chi connectivity index (χ2n) is 8.17. The predicted molar refractivity (Wildman–Crippen MR) is 126 cm³/mol. The van der Waals surface area contributed by atoms with Gasteiger partial charge in [-0.2, -0.15) is 0 Å². The van der Waals surface area contributed by atoms with E-state index < -0.39 is 24.4 Å². The third kappa shape index (κ3) is 9.31. The molecule has 0 amide bonds. The molecule has 0 fully saturated rings. The van der Waals surface area contributed by atoms with E-state index in [2.05, 4.69) is 0 Å². The zero-order valence-corrected chi connectivity index (χ0v) is 19.6. The molecule has 7 heteroatoms. The molecule has 0 saturated carbocycles. The maximum absolute atomic E-state index is 10.3. The molecule has 0 radical (unpaired) electrons. The summed E-state index contributed by atoms with van der Waals surface area (Å²) in [7, 11) is 3.17. The molecule has 0 aliphatic heterocycles. The van der Waals surface area contributed by atoms with E-state index in [1.807, 2.05) is 0 Å². The molecule has 0 aliphatic rings. The van der Waals surface area contributed by atoms with Crippen molar-refractivity contribution < 1.29 is 34.6 Å². The van der Waals surface area contributed by atoms with Crippen LogP contribution in [0.5, 0.6) is 11.5 Å². The maximum Gasteiger partial charge on any atom is 0.118 e. The summed E-state index contributed by atoms with van der Waals surface area (Å²) in [5.74, 6) is 1.42. The topological polar surface area (TPSA) is 109 Å². The molecule has 2 aromatic carbocycles. The quantitative estimate of drug-likeness (QED) is 0.283. The Hall–Kier alpha value is -2.16. The largest absolute Gasteiger partial charge is 0.497 e. The van der Waals surface area contributed by atoms with Gasteiger partial charge in [0.2, 0.25) is 0 Å². The Morgan fingerprint density at radius 2 is 0.939 bits per heavy atom. The monoisotopic (exact) mass is 462 g/mol. The Balaban J connectivity index is 1.51. The van der Waals surface area contributed by atoms with Crippen LogP contribution in [0.4, 0.5) is 0 Å². The van der Waals surface area contributed by atoms with Gasteiger partial charge in [0.05, 0.1) is 26.4 Å². The van der Waals surface area contributed by atoms with Gasteiger partial charge in [-0.15, -0.1) is 0 Å². The van der Waals surface area contributed by atoms with E-state index in [1.165, 1.54) is 0 Å². The van der Waals surface area contributed by atoms with Crippen LogP contribution >= 0.6 is 0 Å². The summed E-state index contributed by atoms with van der Waals surface area (Å²) < 4.78 is 15.8. The van der Waals surface area contributed by atoms with E-state index >= 15 is 0 Å². The average molecular weight is 463 g/mol. The Kier molecular flexibility index (Phi) is 12.2. The molecule has 0 spiro atoms. The summed E-state index contributed by atoms with van der Waals surface area (Å²) in [4.78, 5) is 0. The molecular formula is C26H38O7. The number of hydrogen-bond acceptors (Lipinski definition) is 7. The van der Waals surface area contributed by atoms with Crippen LogP contribution in [-0.2, 0) is 4.74 Å². The first-order valence-corrected chi connectivity index (χ1v) is 11.5. The second kappa shape index (κ2) is 14.9. The minimum Gasteiger partial charge on any atom is -0.497 e. The molecule has 0 aromatic heterocycles. The Morgan fingerprint density at radius 1 is 0.576 bits per heavy atom. The number of aliphatic hydroxyl groups excluding tert-OH is 4. The van der Waals surface area contributed by atoms with E-state index in [-0.39, 0.29) is 0 Å². The van der Waals surface area contributed by atoms with Crippen molar-refractivity contribution in [1.29, 1.82) is 0 Å². The van der Waals surface area contributed by atoms with Crippen molar-refractivity contribution in [3.63, 3.8) is 0 Å². The summed E-state index contributed by atoms with van der Waals surface area (Å²) in [5.41, 5.74) is 1.33. The van der Waals surface area contributed by atoms with Crippen molar-refractivity contribution in [3.05, 3.63) is 59.7 Å². The van der Waals surface area contributed by atoms with Crippen LogP contribution in [0.2, 0.25) is 0 Å². The van der Waals surface area contributed by atoms with Gasteiger partial charge >= 0.3 is 0 Å². The van der Waals surface area contributed by atoms with Crippen LogP contribution in [0, 0.1) is 0 Å². The first-order chi connectivity index (χ1) is 16.0. The normalized spacial score (nSPS) is 15.0. The van der Waals surface area contributed by atoms with Gasteiger partial charge in [-0.25, -0.2) is 0 Å². The predicted octanol–water partition coefficient (Wildman–Crippen LogP) is 3.55. The van der Waals surface area contributed by atoms with Crippen LogP contribution in [0.1, 0.15) is 61.9 Å². The van der Waals surface area contributed by atoms with Crippen LogP contribution in [0.3, 0.4) is 0 Å². The van der Waals surface area contributed by atoms with Crippen molar-refractivity contribution in [2.45, 2.75) is 62.9 Å². The van der Waals surface area contributed by atoms with Crippen molar-refractivity contribution in [2.75, 3.05) is 27.4 Å². The molecule has 0 aliphatic carbocycles. The van der Waals surface area contributed by atoms with Gasteiger partial charge in [-0.3, -0.25) is 0 Å². The molecule has 0 heterocycles. The molecule has 2 aromatic rings. The molecule has 184 valence electrons. The van der Waals surface area contributed by atoms with Crippen LogP contribution < -0.4 is 9.47 Å². The lowest BCUT2D eigenvalue weighted by Crippen LogP contribution is -2.18. The van der Waals surface area contributed by atoms with E-state index in [0.717, 1.165) is 25.7 Å². The first kappa shape index (κ1) is 27.1. The Labute approximate surface area is 196 Å². The second-order valence-corrected chi connectivity index (χ2v) is 8.17. The number of benzene rings is 2. The SMILES string of the molecule is COc1ccc(C(O)C(O)CCCCOCCCCC(O)C(O)c2ccc(OC)cc2)cc1. The lowest BCUT2D eigenvalue weighted by Gasteiger charge is -2.18. The third-order valence-electron chi connectivity index (χ3n) is 5.72. The Morgan fingerprint density at radius 3 is 1.27 bits per heavy atom. The van der Waals surface area contributed by atoms with Crippen LogP contribution in [0.15, 0.2) is 48.5 Å². The fraction of sp³-hybridized carbons (Fsp3) is 0.538. The van der Waals surface area contributed by atoms with E-state index in [1.54, 1.807) is 62.8 Å². The molecule has 4 N–H and O–H groups in total. The average Bonchev–Trinajstić information content (AvgIpc) is 2.86. The van der Waals surface area contributed by atoms with Crippen molar-refractivity contribution >= 4 is 0 Å². The van der Waals surface area contributed by atoms with E-state index in [9.17, 15) is 20.4 Å². The lowest BCUT2D eigenvalue weighted by molar-refractivity contribution is 0.00882. The van der Waals surface area contributed by atoms with Gasteiger partial charge in [-0.05, 0) is 73.9 Å². The van der Waals surface area contributed by atoms with Gasteiger partial charge in [0.25, 0.3) is 0 Å². The fourth-order valence-corrected chi connectivity index (χ4v) is 3.58. The van der Waals surface area contributed by atoms with Gasteiger partial charge in [0, 0.05) is 13.2 Å². The molecule has 0 bridgehead atoms. The van der Waals surface area contributed by atoms with Gasteiger partial charge in [0.15, 0.2) is 0 Å². The zero-order valence-electron chi connectivity index (χ0n) is 19.6. The number of aliphatic hydroxyl groups is 4. The first-order valence-electron chi connectivity index (χ1n) is 11.5. The highest BCUT2D eigenvalue weighted by Crippen LogP contribution is 2.24. The smallest absolute Gasteiger partial charge is 0.118 e. The van der Waals surface area contributed by atoms with Crippen molar-refractivity contribution in [3.8, 4) is 11.5 Å². The van der Waals surface area contributed by atoms with Crippen molar-refractivity contribution in [2.24, 2.45) is 0 Å². The number of hydrogen-bond donors (Lipinski definition) is 4. The summed E-state index contributed by atoms with van der Waals surface area (Å²) in [6, 6.07) is 14.1. The fourth-order valence-electron chi connectivity index (χ4n) is 3.58. The Bertz CT molecular complexity index is 698. The molecular weight excluding hydrogens is 424 g/mol. The van der Waals surface area contributed by atoms with Gasteiger partial charge in [0.1, 0.15) is 23.7 Å². The highest BCUT2D eigenvalue weighted by Gasteiger charge is 2.19. The van der Waals surface area contributed by atoms with Crippen molar-refractivity contribution in [1.82, 2.24) is 0 Å². The molecule has 2 rings (SSSR count). The van der Waals surface area contributed by atoms with Crippen LogP contribution in [-0.4, -0.2) is 60.1 Å². The molecule has 33 heavy (non-hydrogen) atoms. The summed E-state index contributed by atoms with van der Waals surface area (Å²) >= 11 is 0.